The molecule has 0 aliphatic heterocycles. The van der Waals surface area contributed by atoms with Crippen molar-refractivity contribution in [3.05, 3.63) is 29.8 Å². The fraction of sp³-hybridized carbons (Fsp3) is 0.600. The van der Waals surface area contributed by atoms with Crippen LogP contribution < -0.4 is 10.5 Å². The lowest BCUT2D eigenvalue weighted by Crippen LogP contribution is -2.30. The second kappa shape index (κ2) is 5.72. The van der Waals surface area contributed by atoms with E-state index in [2.05, 4.69) is 24.1 Å². The number of benzene rings is 1. The molecule has 1 fully saturated rings. The first kappa shape index (κ1) is 13.4. The maximum absolute atomic E-state index is 6.23. The molecule has 3 nitrogen and oxygen atoms in total. The summed E-state index contributed by atoms with van der Waals surface area (Å²) in [4.78, 5) is 2.36. The summed E-state index contributed by atoms with van der Waals surface area (Å²) < 4.78 is 5.63. The molecule has 0 amide bonds. The van der Waals surface area contributed by atoms with Crippen LogP contribution in [-0.4, -0.2) is 30.6 Å². The van der Waals surface area contributed by atoms with Crippen LogP contribution in [-0.2, 0) is 0 Å². The van der Waals surface area contributed by atoms with Gasteiger partial charge in [0.25, 0.3) is 0 Å². The van der Waals surface area contributed by atoms with Crippen LogP contribution in [0, 0.1) is 0 Å². The van der Waals surface area contributed by atoms with E-state index in [1.807, 2.05) is 26.0 Å². The fourth-order valence-electron chi connectivity index (χ4n) is 2.15. The normalized spacial score (nSPS) is 17.2. The molecule has 0 radical (unpaired) electrons. The topological polar surface area (TPSA) is 38.5 Å². The van der Waals surface area contributed by atoms with Crippen LogP contribution in [0.15, 0.2) is 24.3 Å². The van der Waals surface area contributed by atoms with Crippen molar-refractivity contribution in [2.75, 3.05) is 13.6 Å². The molecule has 1 atom stereocenters. The highest BCUT2D eigenvalue weighted by Crippen LogP contribution is 2.27. The van der Waals surface area contributed by atoms with Crippen molar-refractivity contribution in [1.82, 2.24) is 4.90 Å². The predicted molar refractivity (Wildman–Crippen MR) is 74.8 cm³/mol. The lowest BCUT2D eigenvalue weighted by molar-refractivity contribution is 0.242. The first-order valence-corrected chi connectivity index (χ1v) is 6.78. The maximum Gasteiger partial charge on any atom is 0.119 e. The maximum atomic E-state index is 6.23. The van der Waals surface area contributed by atoms with Crippen LogP contribution in [0.3, 0.4) is 0 Å². The van der Waals surface area contributed by atoms with Crippen molar-refractivity contribution in [2.24, 2.45) is 5.73 Å². The molecule has 100 valence electrons. The van der Waals surface area contributed by atoms with Crippen molar-refractivity contribution in [2.45, 2.75) is 44.9 Å². The number of ether oxygens (including phenoxy) is 1. The summed E-state index contributed by atoms with van der Waals surface area (Å²) in [5.41, 5.74) is 7.41. The Balaban J connectivity index is 1.91. The minimum absolute atomic E-state index is 0.0868. The van der Waals surface area contributed by atoms with Gasteiger partial charge in [0.05, 0.1) is 6.10 Å². The van der Waals surface area contributed by atoms with Gasteiger partial charge in [-0.2, -0.15) is 0 Å². The molecule has 0 spiro atoms. The van der Waals surface area contributed by atoms with Crippen LogP contribution >= 0.6 is 0 Å². The van der Waals surface area contributed by atoms with Crippen LogP contribution in [0.4, 0.5) is 0 Å². The van der Waals surface area contributed by atoms with Gasteiger partial charge in [0.1, 0.15) is 5.75 Å². The van der Waals surface area contributed by atoms with Gasteiger partial charge in [-0.25, -0.2) is 0 Å². The van der Waals surface area contributed by atoms with Gasteiger partial charge in [0, 0.05) is 18.6 Å². The average Bonchev–Trinajstić information content (AvgIpc) is 3.12. The zero-order valence-corrected chi connectivity index (χ0v) is 11.6. The van der Waals surface area contributed by atoms with Gasteiger partial charge in [0.15, 0.2) is 0 Å². The van der Waals surface area contributed by atoms with Gasteiger partial charge in [-0.1, -0.05) is 12.1 Å². The molecule has 18 heavy (non-hydrogen) atoms. The minimum Gasteiger partial charge on any atom is -0.491 e. The van der Waals surface area contributed by atoms with Crippen LogP contribution in [0.2, 0.25) is 0 Å². The lowest BCUT2D eigenvalue weighted by atomic mass is 10.1. The zero-order chi connectivity index (χ0) is 13.1. The van der Waals surface area contributed by atoms with Gasteiger partial charge >= 0.3 is 0 Å². The molecule has 0 heterocycles. The first-order chi connectivity index (χ1) is 8.56. The Bertz CT molecular complexity index is 371. The Kier molecular flexibility index (Phi) is 4.25. The van der Waals surface area contributed by atoms with Crippen LogP contribution in [0.1, 0.15) is 38.3 Å². The molecule has 1 aliphatic carbocycles. The molecule has 1 unspecified atom stereocenters. The van der Waals surface area contributed by atoms with Gasteiger partial charge in [-0.15, -0.1) is 0 Å². The highest BCUT2D eigenvalue weighted by atomic mass is 16.5. The second-order valence-corrected chi connectivity index (χ2v) is 5.51. The van der Waals surface area contributed by atoms with Crippen molar-refractivity contribution in [3.63, 3.8) is 0 Å². The molecule has 1 saturated carbocycles. The highest BCUT2D eigenvalue weighted by molar-refractivity contribution is 5.29. The third kappa shape index (κ3) is 3.72. The number of hydrogen-bond acceptors (Lipinski definition) is 3. The van der Waals surface area contributed by atoms with Gasteiger partial charge in [-0.3, -0.25) is 0 Å². The zero-order valence-electron chi connectivity index (χ0n) is 11.6. The summed E-state index contributed by atoms with van der Waals surface area (Å²) in [5, 5.41) is 0. The molecular weight excluding hydrogens is 224 g/mol. The number of rotatable bonds is 6. The summed E-state index contributed by atoms with van der Waals surface area (Å²) in [6.07, 6.45) is 2.86. The lowest BCUT2D eigenvalue weighted by Gasteiger charge is -2.21. The van der Waals surface area contributed by atoms with E-state index in [4.69, 9.17) is 10.5 Å². The van der Waals surface area contributed by atoms with E-state index in [0.29, 0.717) is 0 Å². The standard InChI is InChI=1S/C15H24N2O/c1-11(2)18-14-8-4-12(5-9-14)15(16)10-17(3)13-6-7-13/h4-5,8-9,11,13,15H,6-7,10,16H2,1-3H3. The number of nitrogens with zero attached hydrogens (tertiary/aromatic N) is 1. The van der Waals surface area contributed by atoms with Gasteiger partial charge in [-0.05, 0) is 51.4 Å². The van der Waals surface area contributed by atoms with Crippen LogP contribution in [0.25, 0.3) is 0 Å². The Morgan fingerprint density at radius 3 is 2.39 bits per heavy atom. The summed E-state index contributed by atoms with van der Waals surface area (Å²) in [6, 6.07) is 9.01. The van der Waals surface area contributed by atoms with Crippen molar-refractivity contribution < 1.29 is 4.74 Å². The van der Waals surface area contributed by atoms with Crippen LogP contribution in [0.5, 0.6) is 5.75 Å². The first-order valence-electron chi connectivity index (χ1n) is 6.78. The molecule has 0 saturated heterocycles. The molecule has 0 aromatic heterocycles. The van der Waals surface area contributed by atoms with Crippen molar-refractivity contribution in [3.8, 4) is 5.75 Å². The monoisotopic (exact) mass is 248 g/mol. The summed E-state index contributed by atoms with van der Waals surface area (Å²) in [5.74, 6) is 0.913. The van der Waals surface area contributed by atoms with Crippen molar-refractivity contribution >= 4 is 0 Å². The average molecular weight is 248 g/mol. The number of nitrogens with two attached hydrogens (primary N) is 1. The van der Waals surface area contributed by atoms with E-state index in [-0.39, 0.29) is 12.1 Å². The molecule has 2 rings (SSSR count). The van der Waals surface area contributed by atoms with E-state index in [1.54, 1.807) is 0 Å². The van der Waals surface area contributed by atoms with E-state index < -0.39 is 0 Å². The van der Waals surface area contributed by atoms with Gasteiger partial charge < -0.3 is 15.4 Å². The van der Waals surface area contributed by atoms with Gasteiger partial charge in [0.2, 0.25) is 0 Å². The third-order valence-corrected chi connectivity index (χ3v) is 3.33. The van der Waals surface area contributed by atoms with E-state index in [1.165, 1.54) is 18.4 Å². The molecule has 0 bridgehead atoms. The molecule has 1 aromatic rings. The van der Waals surface area contributed by atoms with E-state index in [0.717, 1.165) is 18.3 Å². The Labute approximate surface area is 110 Å². The molecule has 1 aliphatic rings. The van der Waals surface area contributed by atoms with E-state index in [9.17, 15) is 0 Å². The Morgan fingerprint density at radius 2 is 1.89 bits per heavy atom. The third-order valence-electron chi connectivity index (χ3n) is 3.33. The summed E-state index contributed by atoms with van der Waals surface area (Å²) in [7, 11) is 2.16. The largest absolute Gasteiger partial charge is 0.491 e. The van der Waals surface area contributed by atoms with E-state index >= 15 is 0 Å². The molecule has 3 heteroatoms. The number of likely N-dealkylation sites (N-methyl/N-ethyl adjacent to an activating group) is 1. The predicted octanol–water partition coefficient (Wildman–Crippen LogP) is 2.57. The highest BCUT2D eigenvalue weighted by Gasteiger charge is 2.27. The summed E-state index contributed by atoms with van der Waals surface area (Å²) in [6.45, 7) is 4.99. The molecular formula is C15H24N2O. The van der Waals surface area contributed by atoms with Crippen molar-refractivity contribution in [1.29, 1.82) is 0 Å². The number of hydrogen-bond donors (Lipinski definition) is 1. The molecule has 1 aromatic carbocycles. The quantitative estimate of drug-likeness (QED) is 0.841. The Hall–Kier alpha value is -1.06. The smallest absolute Gasteiger partial charge is 0.119 e. The second-order valence-electron chi connectivity index (χ2n) is 5.51. The fourth-order valence-corrected chi connectivity index (χ4v) is 2.15. The molecule has 2 N–H and O–H groups in total. The SMILES string of the molecule is CC(C)Oc1ccc(C(N)CN(C)C2CC2)cc1. The Morgan fingerprint density at radius 1 is 1.28 bits per heavy atom. The minimum atomic E-state index is 0.0868. The summed E-state index contributed by atoms with van der Waals surface area (Å²) >= 11 is 0.